The van der Waals surface area contributed by atoms with Crippen LogP contribution in [0, 0.1) is 0 Å². The molecular weight excluding hydrogens is 350 g/mol. The molecule has 26 heavy (non-hydrogen) atoms. The van der Waals surface area contributed by atoms with Crippen molar-refractivity contribution < 1.29 is 19.1 Å². The number of ether oxygens (including phenoxy) is 2. The van der Waals surface area contributed by atoms with Gasteiger partial charge in [0.15, 0.2) is 6.61 Å². The molecule has 3 heterocycles. The Kier molecular flexibility index (Phi) is 4.68. The molecule has 0 saturated carbocycles. The Balaban J connectivity index is 1.44. The minimum absolute atomic E-state index is 0.111. The number of benzene rings is 1. The van der Waals surface area contributed by atoms with Crippen molar-refractivity contribution in [3.05, 3.63) is 40.8 Å². The van der Waals surface area contributed by atoms with E-state index < -0.39 is 5.97 Å². The van der Waals surface area contributed by atoms with E-state index >= 15 is 0 Å². The van der Waals surface area contributed by atoms with Gasteiger partial charge < -0.3 is 14.4 Å². The highest BCUT2D eigenvalue weighted by molar-refractivity contribution is 7.17. The smallest absolute Gasteiger partial charge is 0.348 e. The molecule has 4 rings (SSSR count). The van der Waals surface area contributed by atoms with E-state index in [0.717, 1.165) is 47.6 Å². The number of thiophene rings is 1. The van der Waals surface area contributed by atoms with Gasteiger partial charge >= 0.3 is 5.97 Å². The van der Waals surface area contributed by atoms with Crippen molar-refractivity contribution in [1.29, 1.82) is 0 Å². The minimum Gasteiger partial charge on any atom is -0.488 e. The molecule has 0 bridgehead atoms. The molecule has 1 amide bonds. The summed E-state index contributed by atoms with van der Waals surface area (Å²) in [6.45, 7) is 3.04. The standard InChI is InChI=1S/C20H21NO4S/c1-13-6-4-5-9-21(13)18(22)12-25-20(23)17-10-14-11-24-16-8-3-2-7-15(16)19(14)26-17/h2-3,7-8,10,13H,4-6,9,11-12H2,1H3/t13-/m0/s1. The summed E-state index contributed by atoms with van der Waals surface area (Å²) >= 11 is 1.39. The number of hydrogen-bond acceptors (Lipinski definition) is 5. The number of amides is 1. The van der Waals surface area contributed by atoms with Gasteiger partial charge in [0.1, 0.15) is 17.2 Å². The van der Waals surface area contributed by atoms with Crippen LogP contribution in [0.1, 0.15) is 41.4 Å². The fourth-order valence-electron chi connectivity index (χ4n) is 3.55. The molecule has 1 aromatic heterocycles. The fourth-order valence-corrected chi connectivity index (χ4v) is 4.64. The van der Waals surface area contributed by atoms with Crippen LogP contribution in [0.2, 0.25) is 0 Å². The van der Waals surface area contributed by atoms with Crippen molar-refractivity contribution in [2.75, 3.05) is 13.2 Å². The number of piperidine rings is 1. The second kappa shape index (κ2) is 7.11. The Morgan fingerprint density at radius 3 is 3.00 bits per heavy atom. The summed E-state index contributed by atoms with van der Waals surface area (Å²) in [6, 6.07) is 9.83. The minimum atomic E-state index is -0.445. The second-order valence-electron chi connectivity index (χ2n) is 6.76. The number of para-hydroxylation sites is 1. The number of nitrogens with zero attached hydrogens (tertiary/aromatic N) is 1. The van der Waals surface area contributed by atoms with Crippen LogP contribution in [-0.2, 0) is 16.1 Å². The van der Waals surface area contributed by atoms with Gasteiger partial charge in [0, 0.05) is 28.6 Å². The molecule has 136 valence electrons. The fraction of sp³-hybridized carbons (Fsp3) is 0.400. The van der Waals surface area contributed by atoms with Crippen LogP contribution < -0.4 is 4.74 Å². The topological polar surface area (TPSA) is 55.8 Å². The van der Waals surface area contributed by atoms with Gasteiger partial charge in [-0.05, 0) is 44.4 Å². The molecule has 2 aliphatic rings. The van der Waals surface area contributed by atoms with Crippen LogP contribution >= 0.6 is 11.3 Å². The van der Waals surface area contributed by atoms with Crippen LogP contribution in [0.5, 0.6) is 5.75 Å². The highest BCUT2D eigenvalue weighted by atomic mass is 32.1. The molecule has 2 aromatic rings. The maximum atomic E-state index is 12.4. The third-order valence-corrected chi connectivity index (χ3v) is 6.17. The normalized spacial score (nSPS) is 18.5. The van der Waals surface area contributed by atoms with E-state index in [-0.39, 0.29) is 18.6 Å². The molecule has 0 unspecified atom stereocenters. The molecular formula is C20H21NO4S. The van der Waals surface area contributed by atoms with E-state index in [9.17, 15) is 9.59 Å². The lowest BCUT2D eigenvalue weighted by molar-refractivity contribution is -0.137. The van der Waals surface area contributed by atoms with Gasteiger partial charge in [-0.3, -0.25) is 4.79 Å². The number of likely N-dealkylation sites (tertiary alicyclic amines) is 1. The maximum Gasteiger partial charge on any atom is 0.348 e. The third-order valence-electron chi connectivity index (χ3n) is 4.98. The van der Waals surface area contributed by atoms with Gasteiger partial charge in [0.2, 0.25) is 0 Å². The molecule has 0 spiro atoms. The van der Waals surface area contributed by atoms with Gasteiger partial charge in [-0.2, -0.15) is 0 Å². The predicted molar refractivity (Wildman–Crippen MR) is 99.4 cm³/mol. The largest absolute Gasteiger partial charge is 0.488 e. The zero-order chi connectivity index (χ0) is 18.1. The summed E-state index contributed by atoms with van der Waals surface area (Å²) in [5.74, 6) is 0.275. The summed E-state index contributed by atoms with van der Waals surface area (Å²) in [4.78, 5) is 28.1. The summed E-state index contributed by atoms with van der Waals surface area (Å²) in [5.41, 5.74) is 1.98. The number of hydrogen-bond donors (Lipinski definition) is 0. The molecule has 1 saturated heterocycles. The lowest BCUT2D eigenvalue weighted by Crippen LogP contribution is -2.44. The van der Waals surface area contributed by atoms with Crippen molar-refractivity contribution in [2.24, 2.45) is 0 Å². The van der Waals surface area contributed by atoms with Crippen molar-refractivity contribution >= 4 is 23.2 Å². The summed E-state index contributed by atoms with van der Waals surface area (Å²) < 4.78 is 11.0. The lowest BCUT2D eigenvalue weighted by atomic mass is 10.0. The van der Waals surface area contributed by atoms with Gasteiger partial charge in [0.05, 0.1) is 0 Å². The van der Waals surface area contributed by atoms with Crippen molar-refractivity contribution in [2.45, 2.75) is 38.8 Å². The number of fused-ring (bicyclic) bond motifs is 3. The summed E-state index contributed by atoms with van der Waals surface area (Å²) in [6.07, 6.45) is 3.17. The van der Waals surface area contributed by atoms with Crippen molar-refractivity contribution in [3.63, 3.8) is 0 Å². The van der Waals surface area contributed by atoms with E-state index in [1.807, 2.05) is 42.2 Å². The molecule has 1 fully saturated rings. The van der Waals surface area contributed by atoms with Gasteiger partial charge in [-0.1, -0.05) is 12.1 Å². The first kappa shape index (κ1) is 17.1. The average molecular weight is 371 g/mol. The van der Waals surface area contributed by atoms with Crippen molar-refractivity contribution in [3.8, 4) is 16.2 Å². The number of esters is 1. The second-order valence-corrected chi connectivity index (χ2v) is 7.81. The first-order chi connectivity index (χ1) is 12.6. The van der Waals surface area contributed by atoms with Gasteiger partial charge in [-0.15, -0.1) is 11.3 Å². The zero-order valence-electron chi connectivity index (χ0n) is 14.7. The molecule has 0 aliphatic carbocycles. The van der Waals surface area contributed by atoms with Gasteiger partial charge in [0.25, 0.3) is 5.91 Å². The van der Waals surface area contributed by atoms with Crippen LogP contribution in [0.4, 0.5) is 0 Å². The van der Waals surface area contributed by atoms with E-state index in [1.165, 1.54) is 11.3 Å². The molecule has 5 nitrogen and oxygen atoms in total. The Labute approximate surface area is 156 Å². The number of carbonyl (C=O) groups is 2. The van der Waals surface area contributed by atoms with Crippen LogP contribution in [0.25, 0.3) is 10.4 Å². The quantitative estimate of drug-likeness (QED) is 0.769. The molecule has 0 N–H and O–H groups in total. The van der Waals surface area contributed by atoms with Crippen LogP contribution in [0.3, 0.4) is 0 Å². The summed E-state index contributed by atoms with van der Waals surface area (Å²) in [7, 11) is 0. The Morgan fingerprint density at radius 1 is 1.31 bits per heavy atom. The van der Waals surface area contributed by atoms with E-state index in [2.05, 4.69) is 0 Å². The van der Waals surface area contributed by atoms with Crippen molar-refractivity contribution in [1.82, 2.24) is 4.90 Å². The highest BCUT2D eigenvalue weighted by Crippen LogP contribution is 2.42. The molecule has 6 heteroatoms. The summed E-state index contributed by atoms with van der Waals surface area (Å²) in [5, 5.41) is 0. The van der Waals surface area contributed by atoms with Crippen LogP contribution in [-0.4, -0.2) is 36.0 Å². The molecule has 1 atom stereocenters. The third kappa shape index (κ3) is 3.21. The SMILES string of the molecule is C[C@H]1CCCCN1C(=O)COC(=O)c1cc2c(s1)-c1ccccc1OC2. The Morgan fingerprint density at radius 2 is 2.15 bits per heavy atom. The van der Waals surface area contributed by atoms with Gasteiger partial charge in [-0.25, -0.2) is 4.79 Å². The lowest BCUT2D eigenvalue weighted by Gasteiger charge is -2.33. The first-order valence-electron chi connectivity index (χ1n) is 8.95. The van der Waals surface area contributed by atoms with E-state index in [4.69, 9.17) is 9.47 Å². The van der Waals surface area contributed by atoms with Crippen LogP contribution in [0.15, 0.2) is 30.3 Å². The highest BCUT2D eigenvalue weighted by Gasteiger charge is 2.26. The average Bonchev–Trinajstić information content (AvgIpc) is 3.11. The van der Waals surface area contributed by atoms with E-state index in [0.29, 0.717) is 11.5 Å². The number of rotatable bonds is 3. The molecule has 1 aromatic carbocycles. The maximum absolute atomic E-state index is 12.4. The van der Waals surface area contributed by atoms with E-state index in [1.54, 1.807) is 0 Å². The zero-order valence-corrected chi connectivity index (χ0v) is 15.5. The predicted octanol–water partition coefficient (Wildman–Crippen LogP) is 3.87. The molecule has 2 aliphatic heterocycles. The first-order valence-corrected chi connectivity index (χ1v) is 9.76. The molecule has 0 radical (unpaired) electrons. The Hall–Kier alpha value is -2.34. The number of carbonyl (C=O) groups excluding carboxylic acids is 2. The Bertz CT molecular complexity index is 844. The monoisotopic (exact) mass is 371 g/mol.